The lowest BCUT2D eigenvalue weighted by molar-refractivity contribution is -0.139. The number of amides is 3. The predicted octanol–water partition coefficient (Wildman–Crippen LogP) is 1.26. The fourth-order valence-corrected chi connectivity index (χ4v) is 2.86. The molecule has 1 rings (SSSR count). The van der Waals surface area contributed by atoms with E-state index in [4.69, 9.17) is 10.5 Å². The van der Waals surface area contributed by atoms with E-state index in [1.165, 1.54) is 0 Å². The fourth-order valence-electron chi connectivity index (χ4n) is 2.86. The SMILES string of the molecule is C[C@@H]1C[C@@H](C)N(C(=O)CC(N)=O)C[C@@H]1CNC(=O)OC(C)(C)C. The highest BCUT2D eigenvalue weighted by molar-refractivity contribution is 5.96. The molecule has 1 heterocycles. The van der Waals surface area contributed by atoms with E-state index in [-0.39, 0.29) is 24.3 Å². The Morgan fingerprint density at radius 1 is 1.26 bits per heavy atom. The second-order valence-electron chi connectivity index (χ2n) is 7.39. The van der Waals surface area contributed by atoms with Crippen LogP contribution in [0.15, 0.2) is 0 Å². The van der Waals surface area contributed by atoms with Gasteiger partial charge in [0, 0.05) is 19.1 Å². The number of nitrogens with one attached hydrogen (secondary N) is 1. The Labute approximate surface area is 137 Å². The number of hydrogen-bond acceptors (Lipinski definition) is 4. The standard InChI is InChI=1S/C16H29N3O4/c1-10-6-11(2)19(14(21)7-13(17)20)9-12(10)8-18-15(22)23-16(3,4)5/h10-12H,6-9H2,1-5H3,(H2,17,20)(H,18,22)/t10-,11-,12+/m1/s1. The van der Waals surface area contributed by atoms with Gasteiger partial charge in [-0.15, -0.1) is 0 Å². The molecular formula is C16H29N3O4. The summed E-state index contributed by atoms with van der Waals surface area (Å²) in [6, 6.07) is 0.0645. The smallest absolute Gasteiger partial charge is 0.407 e. The summed E-state index contributed by atoms with van der Waals surface area (Å²) >= 11 is 0. The van der Waals surface area contributed by atoms with Crippen molar-refractivity contribution in [1.29, 1.82) is 0 Å². The molecule has 1 aliphatic rings. The molecule has 3 atom stereocenters. The van der Waals surface area contributed by atoms with Gasteiger partial charge in [0.1, 0.15) is 12.0 Å². The Bertz CT molecular complexity index is 459. The Morgan fingerprint density at radius 3 is 2.39 bits per heavy atom. The third-order valence-electron chi connectivity index (χ3n) is 4.03. The van der Waals surface area contributed by atoms with E-state index in [0.29, 0.717) is 19.0 Å². The highest BCUT2D eigenvalue weighted by Crippen LogP contribution is 2.27. The Morgan fingerprint density at radius 2 is 1.87 bits per heavy atom. The second kappa shape index (κ2) is 7.66. The number of carbonyl (C=O) groups is 3. The number of alkyl carbamates (subject to hydrolysis) is 1. The highest BCUT2D eigenvalue weighted by Gasteiger charge is 2.34. The van der Waals surface area contributed by atoms with Gasteiger partial charge in [0.05, 0.1) is 0 Å². The molecule has 3 N–H and O–H groups in total. The van der Waals surface area contributed by atoms with Gasteiger partial charge in [-0.3, -0.25) is 9.59 Å². The van der Waals surface area contributed by atoms with E-state index in [2.05, 4.69) is 12.2 Å². The monoisotopic (exact) mass is 327 g/mol. The van der Waals surface area contributed by atoms with E-state index < -0.39 is 17.6 Å². The normalized spacial score (nSPS) is 24.9. The van der Waals surface area contributed by atoms with Gasteiger partial charge in [-0.2, -0.15) is 0 Å². The average molecular weight is 327 g/mol. The van der Waals surface area contributed by atoms with E-state index in [1.807, 2.05) is 27.7 Å². The number of rotatable bonds is 4. The van der Waals surface area contributed by atoms with Crippen LogP contribution in [0.4, 0.5) is 4.79 Å². The molecule has 0 unspecified atom stereocenters. The van der Waals surface area contributed by atoms with Crippen molar-refractivity contribution in [3.63, 3.8) is 0 Å². The molecule has 1 fully saturated rings. The minimum Gasteiger partial charge on any atom is -0.444 e. The summed E-state index contributed by atoms with van der Waals surface area (Å²) in [5.41, 5.74) is 4.56. The molecule has 7 heteroatoms. The summed E-state index contributed by atoms with van der Waals surface area (Å²) in [5.74, 6) is -0.392. The van der Waals surface area contributed by atoms with Gasteiger partial charge < -0.3 is 20.7 Å². The first-order valence-corrected chi connectivity index (χ1v) is 8.04. The lowest BCUT2D eigenvalue weighted by atomic mass is 9.83. The van der Waals surface area contributed by atoms with Crippen LogP contribution in [-0.2, 0) is 14.3 Å². The molecule has 0 aliphatic carbocycles. The van der Waals surface area contributed by atoms with Crippen LogP contribution in [0.25, 0.3) is 0 Å². The van der Waals surface area contributed by atoms with Gasteiger partial charge in [-0.25, -0.2) is 4.79 Å². The van der Waals surface area contributed by atoms with E-state index in [0.717, 1.165) is 6.42 Å². The molecule has 0 aromatic carbocycles. The molecule has 0 aromatic rings. The van der Waals surface area contributed by atoms with Gasteiger partial charge in [0.25, 0.3) is 0 Å². The zero-order chi connectivity index (χ0) is 17.8. The molecule has 3 amide bonds. The summed E-state index contributed by atoms with van der Waals surface area (Å²) in [6.07, 6.45) is 0.0918. The third-order valence-corrected chi connectivity index (χ3v) is 4.03. The lowest BCUT2D eigenvalue weighted by Gasteiger charge is -2.41. The van der Waals surface area contributed by atoms with Gasteiger partial charge in [-0.05, 0) is 46.0 Å². The van der Waals surface area contributed by atoms with Crippen molar-refractivity contribution >= 4 is 17.9 Å². The van der Waals surface area contributed by atoms with Crippen LogP contribution in [0.1, 0.15) is 47.5 Å². The largest absolute Gasteiger partial charge is 0.444 e. The number of hydrogen-bond donors (Lipinski definition) is 2. The van der Waals surface area contributed by atoms with Crippen LogP contribution in [0, 0.1) is 11.8 Å². The van der Waals surface area contributed by atoms with Gasteiger partial charge in [-0.1, -0.05) is 6.92 Å². The molecule has 0 bridgehead atoms. The summed E-state index contributed by atoms with van der Waals surface area (Å²) in [4.78, 5) is 36.5. The Kier molecular flexibility index (Phi) is 6.41. The van der Waals surface area contributed by atoms with Gasteiger partial charge in [0.15, 0.2) is 0 Å². The first kappa shape index (κ1) is 19.3. The molecule has 0 spiro atoms. The van der Waals surface area contributed by atoms with Crippen LogP contribution in [0.2, 0.25) is 0 Å². The van der Waals surface area contributed by atoms with Crippen molar-refractivity contribution in [3.8, 4) is 0 Å². The van der Waals surface area contributed by atoms with Crippen LogP contribution in [0.5, 0.6) is 0 Å². The molecule has 1 saturated heterocycles. The Balaban J connectivity index is 2.59. The summed E-state index contributed by atoms with van der Waals surface area (Å²) in [5, 5.41) is 2.76. The zero-order valence-electron chi connectivity index (χ0n) is 14.7. The lowest BCUT2D eigenvalue weighted by Crippen LogP contribution is -2.51. The van der Waals surface area contributed by atoms with Crippen molar-refractivity contribution in [2.75, 3.05) is 13.1 Å². The topological polar surface area (TPSA) is 102 Å². The van der Waals surface area contributed by atoms with Crippen molar-refractivity contribution in [1.82, 2.24) is 10.2 Å². The predicted molar refractivity (Wildman–Crippen MR) is 86.5 cm³/mol. The number of carbonyl (C=O) groups excluding carboxylic acids is 3. The van der Waals surface area contributed by atoms with Crippen LogP contribution in [0.3, 0.4) is 0 Å². The first-order valence-electron chi connectivity index (χ1n) is 8.04. The van der Waals surface area contributed by atoms with Crippen LogP contribution < -0.4 is 11.1 Å². The number of ether oxygens (including phenoxy) is 1. The van der Waals surface area contributed by atoms with E-state index in [9.17, 15) is 14.4 Å². The molecule has 1 aliphatic heterocycles. The second-order valence-corrected chi connectivity index (χ2v) is 7.39. The van der Waals surface area contributed by atoms with E-state index >= 15 is 0 Å². The summed E-state index contributed by atoms with van der Waals surface area (Å²) in [7, 11) is 0. The first-order chi connectivity index (χ1) is 10.5. The van der Waals surface area contributed by atoms with Gasteiger partial charge >= 0.3 is 6.09 Å². The van der Waals surface area contributed by atoms with Crippen molar-refractivity contribution < 1.29 is 19.1 Å². The maximum atomic E-state index is 12.1. The van der Waals surface area contributed by atoms with Crippen molar-refractivity contribution in [3.05, 3.63) is 0 Å². The van der Waals surface area contributed by atoms with Crippen LogP contribution in [-0.4, -0.2) is 47.5 Å². The number of likely N-dealkylation sites (tertiary alicyclic amines) is 1. The summed E-state index contributed by atoms with van der Waals surface area (Å²) < 4.78 is 5.22. The zero-order valence-corrected chi connectivity index (χ0v) is 14.7. The minimum atomic E-state index is -0.621. The quantitative estimate of drug-likeness (QED) is 0.759. The highest BCUT2D eigenvalue weighted by atomic mass is 16.6. The number of nitrogens with two attached hydrogens (primary N) is 1. The molecule has 0 aromatic heterocycles. The van der Waals surface area contributed by atoms with Gasteiger partial charge in [0.2, 0.25) is 11.8 Å². The third kappa shape index (κ3) is 6.46. The molecule has 23 heavy (non-hydrogen) atoms. The van der Waals surface area contributed by atoms with Crippen LogP contribution >= 0.6 is 0 Å². The number of piperidine rings is 1. The number of nitrogens with zero attached hydrogens (tertiary/aromatic N) is 1. The van der Waals surface area contributed by atoms with Crippen molar-refractivity contribution in [2.24, 2.45) is 17.6 Å². The number of primary amides is 1. The van der Waals surface area contributed by atoms with E-state index in [1.54, 1.807) is 4.90 Å². The molecular weight excluding hydrogens is 298 g/mol. The maximum absolute atomic E-state index is 12.1. The molecule has 132 valence electrons. The van der Waals surface area contributed by atoms with Crippen molar-refractivity contribution in [2.45, 2.75) is 59.1 Å². The average Bonchev–Trinajstić information content (AvgIpc) is 2.34. The molecule has 0 saturated carbocycles. The fraction of sp³-hybridized carbons (Fsp3) is 0.812. The minimum absolute atomic E-state index is 0.0645. The molecule has 7 nitrogen and oxygen atoms in total. The maximum Gasteiger partial charge on any atom is 0.407 e. The summed E-state index contributed by atoms with van der Waals surface area (Å²) in [6.45, 7) is 10.4. The Hall–Kier alpha value is -1.79. The molecule has 0 radical (unpaired) electrons.